The van der Waals surface area contributed by atoms with E-state index >= 15 is 0 Å². The maximum Gasteiger partial charge on any atom is 0.339 e. The molecule has 0 bridgehead atoms. The number of rotatable bonds is 2. The average Bonchev–Trinajstić information content (AvgIpc) is 2.28. The maximum atomic E-state index is 11.2. The van der Waals surface area contributed by atoms with Gasteiger partial charge in [0.1, 0.15) is 5.56 Å². The quantitative estimate of drug-likeness (QED) is 0.854. The number of anilines is 1. The van der Waals surface area contributed by atoms with Crippen molar-refractivity contribution in [1.82, 2.24) is 4.98 Å². The lowest BCUT2D eigenvalue weighted by molar-refractivity contribution is 0.0697. The first kappa shape index (κ1) is 11.9. The molecule has 1 saturated heterocycles. The average molecular weight is 234 g/mol. The zero-order chi connectivity index (χ0) is 12.1. The molecular weight excluding hydrogens is 216 g/mol. The van der Waals surface area contributed by atoms with Crippen LogP contribution in [-0.2, 0) is 0 Å². The number of pyridine rings is 1. The van der Waals surface area contributed by atoms with E-state index in [-0.39, 0.29) is 0 Å². The van der Waals surface area contributed by atoms with E-state index in [2.05, 4.69) is 9.88 Å². The van der Waals surface area contributed by atoms with Gasteiger partial charge in [-0.1, -0.05) is 19.3 Å². The predicted molar refractivity (Wildman–Crippen MR) is 66.5 cm³/mol. The Balaban J connectivity index is 2.21. The van der Waals surface area contributed by atoms with E-state index in [0.29, 0.717) is 5.56 Å². The largest absolute Gasteiger partial charge is 0.478 e. The first-order chi connectivity index (χ1) is 8.29. The summed E-state index contributed by atoms with van der Waals surface area (Å²) in [6.45, 7) is 1.90. The molecule has 1 aliphatic rings. The van der Waals surface area contributed by atoms with Gasteiger partial charge in [-0.25, -0.2) is 4.79 Å². The Morgan fingerprint density at radius 2 is 1.82 bits per heavy atom. The molecule has 1 fully saturated rings. The number of carboxylic acid groups (broad SMARTS) is 1. The number of hydrogen-bond donors (Lipinski definition) is 1. The Hall–Kier alpha value is -1.58. The summed E-state index contributed by atoms with van der Waals surface area (Å²) in [5.41, 5.74) is 1.13. The second-order valence-electron chi connectivity index (χ2n) is 4.45. The molecule has 4 heteroatoms. The summed E-state index contributed by atoms with van der Waals surface area (Å²) in [7, 11) is 0. The molecule has 0 atom stereocenters. The van der Waals surface area contributed by atoms with Gasteiger partial charge >= 0.3 is 5.97 Å². The smallest absolute Gasteiger partial charge is 0.339 e. The van der Waals surface area contributed by atoms with Crippen molar-refractivity contribution in [2.45, 2.75) is 32.1 Å². The van der Waals surface area contributed by atoms with Crippen LogP contribution in [0, 0.1) is 0 Å². The Morgan fingerprint density at radius 3 is 2.47 bits per heavy atom. The highest BCUT2D eigenvalue weighted by Crippen LogP contribution is 2.22. The summed E-state index contributed by atoms with van der Waals surface area (Å²) < 4.78 is 0. The van der Waals surface area contributed by atoms with Crippen LogP contribution in [0.1, 0.15) is 42.5 Å². The molecule has 1 aromatic rings. The Bertz CT molecular complexity index is 385. The van der Waals surface area contributed by atoms with Crippen molar-refractivity contribution >= 4 is 11.7 Å². The van der Waals surface area contributed by atoms with Crippen LogP contribution in [-0.4, -0.2) is 29.1 Å². The number of aromatic carboxylic acids is 1. The molecule has 0 unspecified atom stereocenters. The third kappa shape index (κ3) is 2.96. The Labute approximate surface area is 101 Å². The number of carboxylic acids is 1. The van der Waals surface area contributed by atoms with Gasteiger partial charge in [0.05, 0.1) is 5.69 Å². The topological polar surface area (TPSA) is 53.4 Å². The van der Waals surface area contributed by atoms with Crippen LogP contribution < -0.4 is 4.90 Å². The highest BCUT2D eigenvalue weighted by atomic mass is 16.4. The van der Waals surface area contributed by atoms with Gasteiger partial charge in [-0.05, 0) is 18.9 Å². The van der Waals surface area contributed by atoms with Gasteiger partial charge in [-0.2, -0.15) is 0 Å². The molecule has 92 valence electrons. The van der Waals surface area contributed by atoms with Gasteiger partial charge in [-0.15, -0.1) is 0 Å². The van der Waals surface area contributed by atoms with Crippen LogP contribution in [0.3, 0.4) is 0 Å². The van der Waals surface area contributed by atoms with Crippen molar-refractivity contribution in [3.8, 4) is 0 Å². The predicted octanol–water partition coefficient (Wildman–Crippen LogP) is 2.55. The minimum atomic E-state index is -0.893. The summed E-state index contributed by atoms with van der Waals surface area (Å²) in [5.74, 6) is -0.893. The second-order valence-corrected chi connectivity index (χ2v) is 4.45. The third-order valence-electron chi connectivity index (χ3n) is 3.23. The lowest BCUT2D eigenvalue weighted by Crippen LogP contribution is -2.28. The molecule has 2 heterocycles. The van der Waals surface area contributed by atoms with E-state index in [1.54, 1.807) is 6.20 Å². The van der Waals surface area contributed by atoms with Crippen LogP contribution in [0.4, 0.5) is 5.69 Å². The highest BCUT2D eigenvalue weighted by Gasteiger charge is 2.16. The molecule has 17 heavy (non-hydrogen) atoms. The summed E-state index contributed by atoms with van der Waals surface area (Å²) in [5, 5.41) is 9.16. The van der Waals surface area contributed by atoms with Gasteiger partial charge in [0, 0.05) is 25.5 Å². The Kier molecular flexibility index (Phi) is 3.96. The lowest BCUT2D eigenvalue weighted by Gasteiger charge is -2.27. The van der Waals surface area contributed by atoms with Crippen molar-refractivity contribution in [3.05, 3.63) is 24.0 Å². The number of carbonyl (C=O) groups is 1. The monoisotopic (exact) mass is 234 g/mol. The standard InChI is InChI=1S/C13H18N2O2/c16-13(17)11-10-14-7-6-12(11)15-8-4-2-1-3-5-9-15/h6-7,10H,1-5,8-9H2,(H,16,17). The highest BCUT2D eigenvalue weighted by molar-refractivity contribution is 5.94. The fourth-order valence-corrected chi connectivity index (χ4v) is 2.32. The number of hydrogen-bond acceptors (Lipinski definition) is 3. The van der Waals surface area contributed by atoms with Crippen LogP contribution >= 0.6 is 0 Å². The second kappa shape index (κ2) is 5.66. The molecule has 0 spiro atoms. The van der Waals surface area contributed by atoms with Crippen molar-refractivity contribution in [3.63, 3.8) is 0 Å². The lowest BCUT2D eigenvalue weighted by atomic mass is 10.1. The van der Waals surface area contributed by atoms with Crippen LogP contribution in [0.15, 0.2) is 18.5 Å². The summed E-state index contributed by atoms with van der Waals surface area (Å²) in [6, 6.07) is 1.81. The Morgan fingerprint density at radius 1 is 1.18 bits per heavy atom. The van der Waals surface area contributed by atoms with Crippen molar-refractivity contribution in [1.29, 1.82) is 0 Å². The molecule has 4 nitrogen and oxygen atoms in total. The zero-order valence-corrected chi connectivity index (χ0v) is 9.93. The fraction of sp³-hybridized carbons (Fsp3) is 0.538. The van der Waals surface area contributed by atoms with Crippen LogP contribution in [0.5, 0.6) is 0 Å². The molecule has 0 aromatic carbocycles. The summed E-state index contributed by atoms with van der Waals surface area (Å²) in [6.07, 6.45) is 9.17. The molecule has 0 amide bonds. The molecular formula is C13H18N2O2. The van der Waals surface area contributed by atoms with E-state index in [9.17, 15) is 4.79 Å². The van der Waals surface area contributed by atoms with Gasteiger partial charge in [-0.3, -0.25) is 4.98 Å². The summed E-state index contributed by atoms with van der Waals surface area (Å²) >= 11 is 0. The van der Waals surface area contributed by atoms with Crippen LogP contribution in [0.25, 0.3) is 0 Å². The SMILES string of the molecule is O=C(O)c1cnccc1N1CCCCCCC1. The van der Waals surface area contributed by atoms with Gasteiger partial charge < -0.3 is 10.0 Å². The molecule has 1 N–H and O–H groups in total. The van der Waals surface area contributed by atoms with Gasteiger partial charge in [0.2, 0.25) is 0 Å². The third-order valence-corrected chi connectivity index (χ3v) is 3.23. The van der Waals surface area contributed by atoms with Crippen molar-refractivity contribution in [2.75, 3.05) is 18.0 Å². The van der Waals surface area contributed by atoms with Gasteiger partial charge in [0.15, 0.2) is 0 Å². The van der Waals surface area contributed by atoms with E-state index in [4.69, 9.17) is 5.11 Å². The van der Waals surface area contributed by atoms with Crippen molar-refractivity contribution < 1.29 is 9.90 Å². The first-order valence-corrected chi connectivity index (χ1v) is 6.21. The molecule has 2 rings (SSSR count). The summed E-state index contributed by atoms with van der Waals surface area (Å²) in [4.78, 5) is 17.2. The van der Waals surface area contributed by atoms with E-state index in [0.717, 1.165) is 31.6 Å². The zero-order valence-electron chi connectivity index (χ0n) is 9.93. The molecule has 1 aliphatic heterocycles. The van der Waals surface area contributed by atoms with Gasteiger partial charge in [0.25, 0.3) is 0 Å². The maximum absolute atomic E-state index is 11.2. The molecule has 0 saturated carbocycles. The molecule has 0 aliphatic carbocycles. The van der Waals surface area contributed by atoms with Crippen LogP contribution in [0.2, 0.25) is 0 Å². The molecule has 1 aromatic heterocycles. The number of nitrogens with zero attached hydrogens (tertiary/aromatic N) is 2. The number of aromatic nitrogens is 1. The first-order valence-electron chi connectivity index (χ1n) is 6.21. The van der Waals surface area contributed by atoms with E-state index < -0.39 is 5.97 Å². The fourth-order valence-electron chi connectivity index (χ4n) is 2.32. The normalized spacial score (nSPS) is 17.3. The minimum Gasteiger partial charge on any atom is -0.478 e. The van der Waals surface area contributed by atoms with Crippen molar-refractivity contribution in [2.24, 2.45) is 0 Å². The molecule has 0 radical (unpaired) electrons. The van der Waals surface area contributed by atoms with E-state index in [1.807, 2.05) is 6.07 Å². The minimum absolute atomic E-state index is 0.313. The van der Waals surface area contributed by atoms with E-state index in [1.165, 1.54) is 25.5 Å².